The van der Waals surface area contributed by atoms with Crippen molar-refractivity contribution < 1.29 is 4.79 Å². The molecule has 1 amide bonds. The maximum atomic E-state index is 13.1. The Morgan fingerprint density at radius 2 is 1.97 bits per heavy atom. The molecule has 0 bridgehead atoms. The summed E-state index contributed by atoms with van der Waals surface area (Å²) in [5.74, 6) is 0.692. The highest BCUT2D eigenvalue weighted by atomic mass is 16.2. The summed E-state index contributed by atoms with van der Waals surface area (Å²) in [5, 5.41) is 5.52. The molecule has 6 rings (SSSR count). The van der Waals surface area contributed by atoms with Crippen molar-refractivity contribution in [2.75, 3.05) is 33.2 Å². The van der Waals surface area contributed by atoms with Crippen LogP contribution in [-0.2, 0) is 0 Å². The number of rotatable bonds is 3. The summed E-state index contributed by atoms with van der Waals surface area (Å²) in [4.78, 5) is 25.5. The number of pyridine rings is 2. The average Bonchev–Trinajstić information content (AvgIpc) is 3.40. The topological polar surface area (TPSA) is 69.5 Å². The number of carbonyl (C=O) groups is 1. The minimum atomic E-state index is 0.0601. The molecule has 5 heterocycles. The lowest BCUT2D eigenvalue weighted by Gasteiger charge is -2.32. The number of nitrogens with zero attached hydrogens (tertiary/aromatic N) is 5. The van der Waals surface area contributed by atoms with Gasteiger partial charge in [0.2, 0.25) is 0 Å². The lowest BCUT2D eigenvalue weighted by atomic mass is 10.1. The summed E-state index contributed by atoms with van der Waals surface area (Å²) in [6, 6.07) is 8.42. The van der Waals surface area contributed by atoms with Gasteiger partial charge >= 0.3 is 0 Å². The first kappa shape index (κ1) is 17.7. The highest BCUT2D eigenvalue weighted by Gasteiger charge is 2.26. The van der Waals surface area contributed by atoms with Gasteiger partial charge in [-0.25, -0.2) is 9.50 Å². The van der Waals surface area contributed by atoms with Crippen molar-refractivity contribution in [2.24, 2.45) is 0 Å². The third-order valence-electron chi connectivity index (χ3n) is 6.41. The summed E-state index contributed by atoms with van der Waals surface area (Å²) in [6.07, 6.45) is 8.12. The molecule has 0 radical (unpaired) electrons. The summed E-state index contributed by atoms with van der Waals surface area (Å²) in [6.45, 7) is 3.32. The number of fused-ring (bicyclic) bond motifs is 2. The van der Waals surface area contributed by atoms with Crippen LogP contribution in [0.15, 0.2) is 42.9 Å². The summed E-state index contributed by atoms with van der Waals surface area (Å²) < 4.78 is 1.78. The van der Waals surface area contributed by atoms with Gasteiger partial charge in [-0.1, -0.05) is 0 Å². The molecule has 0 atom stereocenters. The van der Waals surface area contributed by atoms with Crippen molar-refractivity contribution in [3.8, 4) is 11.1 Å². The van der Waals surface area contributed by atoms with Gasteiger partial charge in [0.15, 0.2) is 0 Å². The molecule has 1 aliphatic carbocycles. The Morgan fingerprint density at radius 1 is 1.13 bits per heavy atom. The number of likely N-dealkylation sites (N-methyl/N-ethyl adjacent to an activating group) is 1. The van der Waals surface area contributed by atoms with Gasteiger partial charge in [0.25, 0.3) is 5.91 Å². The fraction of sp³-hybridized carbons (Fsp3) is 0.348. The molecule has 1 saturated heterocycles. The maximum Gasteiger partial charge on any atom is 0.257 e. The highest BCUT2D eigenvalue weighted by molar-refractivity contribution is 6.02. The van der Waals surface area contributed by atoms with Crippen molar-refractivity contribution in [1.82, 2.24) is 29.4 Å². The highest BCUT2D eigenvalue weighted by Crippen LogP contribution is 2.40. The van der Waals surface area contributed by atoms with Crippen LogP contribution in [0.2, 0.25) is 0 Å². The second-order valence-corrected chi connectivity index (χ2v) is 8.51. The van der Waals surface area contributed by atoms with Crippen LogP contribution in [-0.4, -0.2) is 68.5 Å². The number of piperazine rings is 1. The van der Waals surface area contributed by atoms with E-state index in [0.29, 0.717) is 11.5 Å². The average molecular weight is 400 g/mol. The van der Waals surface area contributed by atoms with Gasteiger partial charge in [-0.05, 0) is 49.7 Å². The Labute approximate surface area is 174 Å². The molecule has 0 spiro atoms. The van der Waals surface area contributed by atoms with Crippen molar-refractivity contribution >= 4 is 22.5 Å². The number of nitrogens with one attached hydrogen (secondary N) is 1. The lowest BCUT2D eigenvalue weighted by Crippen LogP contribution is -2.47. The number of hydrogen-bond acceptors (Lipinski definition) is 4. The Balaban J connectivity index is 1.38. The van der Waals surface area contributed by atoms with Gasteiger partial charge in [0, 0.05) is 61.1 Å². The van der Waals surface area contributed by atoms with Crippen LogP contribution < -0.4 is 0 Å². The molecule has 0 aromatic carbocycles. The fourth-order valence-corrected chi connectivity index (χ4v) is 4.36. The smallest absolute Gasteiger partial charge is 0.257 e. The van der Waals surface area contributed by atoms with E-state index in [1.165, 1.54) is 18.5 Å². The van der Waals surface area contributed by atoms with E-state index in [9.17, 15) is 4.79 Å². The van der Waals surface area contributed by atoms with Gasteiger partial charge in [0.05, 0.1) is 17.3 Å². The van der Waals surface area contributed by atoms with E-state index in [-0.39, 0.29) is 5.91 Å². The number of H-pyrrole nitrogens is 1. The molecule has 4 aromatic heterocycles. The van der Waals surface area contributed by atoms with Crippen LogP contribution in [0.25, 0.3) is 27.7 Å². The van der Waals surface area contributed by atoms with Gasteiger partial charge < -0.3 is 14.8 Å². The maximum absolute atomic E-state index is 13.1. The Hall–Kier alpha value is -3.19. The number of amides is 1. The molecule has 7 heteroatoms. The molecule has 1 saturated carbocycles. The van der Waals surface area contributed by atoms with Gasteiger partial charge in [-0.2, -0.15) is 5.10 Å². The molecule has 2 aliphatic rings. The number of carbonyl (C=O) groups excluding carboxylic acids is 1. The van der Waals surface area contributed by atoms with E-state index in [2.05, 4.69) is 40.2 Å². The Kier molecular flexibility index (Phi) is 3.92. The van der Waals surface area contributed by atoms with Crippen molar-refractivity contribution in [3.05, 3.63) is 54.1 Å². The Morgan fingerprint density at radius 3 is 2.77 bits per heavy atom. The molecule has 2 fully saturated rings. The molecular formula is C23H24N6O. The minimum Gasteiger partial charge on any atom is -0.346 e. The normalized spacial score (nSPS) is 17.8. The zero-order chi connectivity index (χ0) is 20.2. The van der Waals surface area contributed by atoms with Gasteiger partial charge in [-0.15, -0.1) is 0 Å². The van der Waals surface area contributed by atoms with E-state index in [1.807, 2.05) is 23.4 Å². The number of aromatic nitrogens is 4. The largest absolute Gasteiger partial charge is 0.346 e. The third kappa shape index (κ3) is 2.89. The molecule has 0 unspecified atom stereocenters. The van der Waals surface area contributed by atoms with Crippen molar-refractivity contribution in [3.63, 3.8) is 0 Å². The van der Waals surface area contributed by atoms with E-state index >= 15 is 0 Å². The zero-order valence-corrected chi connectivity index (χ0v) is 17.0. The van der Waals surface area contributed by atoms with Crippen LogP contribution >= 0.6 is 0 Å². The molecule has 1 aliphatic heterocycles. The predicted molar refractivity (Wildman–Crippen MR) is 116 cm³/mol. The first-order valence-electron chi connectivity index (χ1n) is 10.6. The van der Waals surface area contributed by atoms with E-state index in [4.69, 9.17) is 4.98 Å². The van der Waals surface area contributed by atoms with Crippen LogP contribution in [0.3, 0.4) is 0 Å². The van der Waals surface area contributed by atoms with Crippen molar-refractivity contribution in [2.45, 2.75) is 18.8 Å². The quantitative estimate of drug-likeness (QED) is 0.574. The summed E-state index contributed by atoms with van der Waals surface area (Å²) in [7, 11) is 2.09. The lowest BCUT2D eigenvalue weighted by molar-refractivity contribution is 0.0666. The van der Waals surface area contributed by atoms with Crippen LogP contribution in [0.5, 0.6) is 0 Å². The second kappa shape index (κ2) is 6.67. The molecule has 30 heavy (non-hydrogen) atoms. The second-order valence-electron chi connectivity index (χ2n) is 8.51. The van der Waals surface area contributed by atoms with Gasteiger partial charge in [0.1, 0.15) is 5.65 Å². The molecular weight excluding hydrogens is 376 g/mol. The van der Waals surface area contributed by atoms with E-state index in [0.717, 1.165) is 53.9 Å². The summed E-state index contributed by atoms with van der Waals surface area (Å²) in [5.41, 5.74) is 5.77. The minimum absolute atomic E-state index is 0.0601. The first-order valence-corrected chi connectivity index (χ1v) is 10.6. The predicted octanol–water partition coefficient (Wildman–Crippen LogP) is 3.14. The fourth-order valence-electron chi connectivity index (χ4n) is 4.36. The molecule has 1 N–H and O–H groups in total. The van der Waals surface area contributed by atoms with Crippen LogP contribution in [0, 0.1) is 0 Å². The number of hydrogen-bond donors (Lipinski definition) is 1. The third-order valence-corrected chi connectivity index (χ3v) is 6.41. The number of aromatic amines is 1. The van der Waals surface area contributed by atoms with E-state index < -0.39 is 0 Å². The Bertz CT molecular complexity index is 1260. The van der Waals surface area contributed by atoms with Crippen LogP contribution in [0.4, 0.5) is 0 Å². The van der Waals surface area contributed by atoms with E-state index in [1.54, 1.807) is 10.7 Å². The molecule has 152 valence electrons. The van der Waals surface area contributed by atoms with Crippen LogP contribution in [0.1, 0.15) is 34.8 Å². The summed E-state index contributed by atoms with van der Waals surface area (Å²) >= 11 is 0. The standard InChI is InChI=1S/C23H24N6O/c1-27-8-10-28(11-9-27)23(30)19-14-25-29-7-6-16(12-21(19)29)18-13-24-22-17(18)4-5-20(26-22)15-2-3-15/h4-7,12-15H,2-3,8-11H2,1H3,(H,24,26). The molecule has 7 nitrogen and oxygen atoms in total. The first-order chi connectivity index (χ1) is 14.7. The SMILES string of the molecule is CN1CCN(C(=O)c2cnn3ccc(-c4c[nH]c5nc(C6CC6)ccc45)cc23)CC1. The van der Waals surface area contributed by atoms with Gasteiger partial charge in [-0.3, -0.25) is 4.79 Å². The molecule has 4 aromatic rings. The monoisotopic (exact) mass is 400 g/mol. The van der Waals surface area contributed by atoms with Crippen molar-refractivity contribution in [1.29, 1.82) is 0 Å². The zero-order valence-electron chi connectivity index (χ0n) is 17.0.